The van der Waals surface area contributed by atoms with Gasteiger partial charge in [-0.25, -0.2) is 4.79 Å². The summed E-state index contributed by atoms with van der Waals surface area (Å²) in [6.07, 6.45) is -10.9. The van der Waals surface area contributed by atoms with Gasteiger partial charge in [0.2, 0.25) is 0 Å². The molecule has 0 heterocycles. The van der Waals surface area contributed by atoms with Crippen molar-refractivity contribution in [3.63, 3.8) is 0 Å². The number of nitrogens with zero attached hydrogens (tertiary/aromatic N) is 1. The zero-order valence-electron chi connectivity index (χ0n) is 17.4. The molecule has 0 unspecified atom stereocenters. The quantitative estimate of drug-likeness (QED) is 0.268. The maximum absolute atomic E-state index is 13.1. The number of rotatable bonds is 7. The van der Waals surface area contributed by atoms with Crippen LogP contribution in [-0.4, -0.2) is 37.1 Å². The first-order chi connectivity index (χ1) is 15.7. The van der Waals surface area contributed by atoms with Gasteiger partial charge in [0.05, 0.1) is 30.3 Å². The second-order valence-electron chi connectivity index (χ2n) is 6.80. The number of halogens is 6. The molecule has 0 aromatic heterocycles. The van der Waals surface area contributed by atoms with Gasteiger partial charge in [0.25, 0.3) is 11.6 Å². The lowest BCUT2D eigenvalue weighted by Gasteiger charge is -2.19. The standard InChI is InChI=1S/C20H16F6N2O6/c1-33-16-4-3-14(28(31)32)7-10(16)8-15(18(30)34-2)27-17(29)11-5-12(19(21,22)23)9-13(6-11)20(24,25)26/h3-7,9,15H,8H2,1-2H3,(H,27,29)/t15-/m1/s1. The average Bonchev–Trinajstić information content (AvgIpc) is 2.76. The van der Waals surface area contributed by atoms with Gasteiger partial charge in [0, 0.05) is 29.7 Å². The molecule has 0 saturated carbocycles. The van der Waals surface area contributed by atoms with E-state index in [2.05, 4.69) is 4.74 Å². The molecule has 0 aliphatic rings. The predicted octanol–water partition coefficient (Wildman–Crippen LogP) is 4.16. The number of nitro benzene ring substituents is 1. The summed E-state index contributed by atoms with van der Waals surface area (Å²) >= 11 is 0. The summed E-state index contributed by atoms with van der Waals surface area (Å²) in [6.45, 7) is 0. The Bertz CT molecular complexity index is 1070. The highest BCUT2D eigenvalue weighted by molar-refractivity contribution is 5.97. The zero-order valence-corrected chi connectivity index (χ0v) is 17.4. The molecule has 0 saturated heterocycles. The van der Waals surface area contributed by atoms with Gasteiger partial charge in [-0.05, 0) is 24.3 Å². The summed E-state index contributed by atoms with van der Waals surface area (Å²) < 4.78 is 88.1. The molecule has 0 radical (unpaired) electrons. The van der Waals surface area contributed by atoms with E-state index >= 15 is 0 Å². The third kappa shape index (κ3) is 6.36. The maximum atomic E-state index is 13.1. The minimum atomic E-state index is -5.19. The maximum Gasteiger partial charge on any atom is 0.416 e. The number of alkyl halides is 6. The normalized spacial score (nSPS) is 12.6. The van der Waals surface area contributed by atoms with Gasteiger partial charge in [0.1, 0.15) is 11.8 Å². The van der Waals surface area contributed by atoms with Crippen molar-refractivity contribution in [1.29, 1.82) is 0 Å². The van der Waals surface area contributed by atoms with Crippen LogP contribution in [0.15, 0.2) is 36.4 Å². The summed E-state index contributed by atoms with van der Waals surface area (Å²) in [5.41, 5.74) is -4.79. The van der Waals surface area contributed by atoms with E-state index in [1.807, 2.05) is 5.32 Å². The number of amides is 1. The van der Waals surface area contributed by atoms with E-state index in [-0.39, 0.29) is 29.5 Å². The highest BCUT2D eigenvalue weighted by Gasteiger charge is 2.38. The largest absolute Gasteiger partial charge is 0.496 e. The molecule has 1 N–H and O–H groups in total. The molecule has 0 fully saturated rings. The van der Waals surface area contributed by atoms with Crippen LogP contribution in [0.5, 0.6) is 5.75 Å². The Morgan fingerprint density at radius 1 is 1.00 bits per heavy atom. The first kappa shape index (κ1) is 26.4. The topological polar surface area (TPSA) is 108 Å². The molecule has 1 amide bonds. The van der Waals surface area contributed by atoms with Gasteiger partial charge in [0.15, 0.2) is 0 Å². The van der Waals surface area contributed by atoms with Crippen molar-refractivity contribution in [2.75, 3.05) is 14.2 Å². The van der Waals surface area contributed by atoms with E-state index < -0.39 is 64.0 Å². The minimum Gasteiger partial charge on any atom is -0.496 e. The number of hydrogen-bond acceptors (Lipinski definition) is 6. The molecule has 2 aromatic carbocycles. The number of carbonyl (C=O) groups excluding carboxylic acids is 2. The molecule has 2 rings (SSSR count). The summed E-state index contributed by atoms with van der Waals surface area (Å²) in [5.74, 6) is -2.46. The van der Waals surface area contributed by atoms with Crippen LogP contribution in [0.25, 0.3) is 0 Å². The molecule has 14 heteroatoms. The second kappa shape index (κ2) is 9.97. The fourth-order valence-corrected chi connectivity index (χ4v) is 2.92. The number of nitro groups is 1. The second-order valence-corrected chi connectivity index (χ2v) is 6.80. The Morgan fingerprint density at radius 2 is 1.56 bits per heavy atom. The number of benzene rings is 2. The third-order valence-corrected chi connectivity index (χ3v) is 4.54. The van der Waals surface area contributed by atoms with Crippen molar-refractivity contribution in [3.05, 3.63) is 68.8 Å². The van der Waals surface area contributed by atoms with Crippen molar-refractivity contribution < 1.29 is 50.3 Å². The number of ether oxygens (including phenoxy) is 2. The monoisotopic (exact) mass is 494 g/mol. The van der Waals surface area contributed by atoms with E-state index in [0.717, 1.165) is 19.2 Å². The van der Waals surface area contributed by atoms with E-state index in [1.54, 1.807) is 0 Å². The first-order valence-corrected chi connectivity index (χ1v) is 9.16. The molecule has 0 spiro atoms. The molecule has 1 atom stereocenters. The van der Waals surface area contributed by atoms with Crippen LogP contribution in [0.2, 0.25) is 0 Å². The van der Waals surface area contributed by atoms with Crippen molar-refractivity contribution in [1.82, 2.24) is 5.32 Å². The van der Waals surface area contributed by atoms with Crippen LogP contribution in [0.1, 0.15) is 27.0 Å². The molecule has 0 aliphatic heterocycles. The number of esters is 1. The van der Waals surface area contributed by atoms with Crippen LogP contribution in [0.3, 0.4) is 0 Å². The summed E-state index contributed by atoms with van der Waals surface area (Å²) in [4.78, 5) is 35.0. The number of hydrogen-bond donors (Lipinski definition) is 1. The molecular weight excluding hydrogens is 478 g/mol. The van der Waals surface area contributed by atoms with Crippen molar-refractivity contribution in [2.24, 2.45) is 0 Å². The van der Waals surface area contributed by atoms with Gasteiger partial charge < -0.3 is 14.8 Å². The molecule has 2 aromatic rings. The summed E-state index contributed by atoms with van der Waals surface area (Å²) in [7, 11) is 2.15. The van der Waals surface area contributed by atoms with Gasteiger partial charge in [-0.2, -0.15) is 26.3 Å². The van der Waals surface area contributed by atoms with E-state index in [9.17, 15) is 46.0 Å². The molecule has 34 heavy (non-hydrogen) atoms. The molecule has 0 aliphatic carbocycles. The minimum absolute atomic E-state index is 0.0485. The van der Waals surface area contributed by atoms with Crippen LogP contribution in [-0.2, 0) is 28.3 Å². The van der Waals surface area contributed by atoms with E-state index in [4.69, 9.17) is 4.74 Å². The third-order valence-electron chi connectivity index (χ3n) is 4.54. The first-order valence-electron chi connectivity index (χ1n) is 9.16. The van der Waals surface area contributed by atoms with Crippen molar-refractivity contribution in [2.45, 2.75) is 24.8 Å². The van der Waals surface area contributed by atoms with Crippen LogP contribution >= 0.6 is 0 Å². The van der Waals surface area contributed by atoms with E-state index in [1.165, 1.54) is 13.2 Å². The summed E-state index contributed by atoms with van der Waals surface area (Å²) in [5, 5.41) is 13.1. The average molecular weight is 494 g/mol. The van der Waals surface area contributed by atoms with Gasteiger partial charge in [-0.15, -0.1) is 0 Å². The number of nitrogens with one attached hydrogen (secondary N) is 1. The molecule has 0 bridgehead atoms. The van der Waals surface area contributed by atoms with E-state index in [0.29, 0.717) is 0 Å². The predicted molar refractivity (Wildman–Crippen MR) is 103 cm³/mol. The fraction of sp³-hybridized carbons (Fsp3) is 0.300. The lowest BCUT2D eigenvalue weighted by atomic mass is 10.0. The smallest absolute Gasteiger partial charge is 0.416 e. The Labute approximate surface area is 187 Å². The Kier molecular flexibility index (Phi) is 7.74. The highest BCUT2D eigenvalue weighted by Crippen LogP contribution is 2.36. The number of carbonyl (C=O) groups is 2. The highest BCUT2D eigenvalue weighted by atomic mass is 19.4. The number of non-ortho nitro benzene ring substituents is 1. The van der Waals surface area contributed by atoms with Crippen LogP contribution in [0.4, 0.5) is 32.0 Å². The zero-order chi connectivity index (χ0) is 25.8. The number of methoxy groups -OCH3 is 2. The SMILES string of the molecule is COC(=O)[C@@H](Cc1cc([N+](=O)[O-])ccc1OC)NC(=O)c1cc(C(F)(F)F)cc(C(F)(F)F)c1. The van der Waals surface area contributed by atoms with Gasteiger partial charge in [-0.1, -0.05) is 0 Å². The molecule has 8 nitrogen and oxygen atoms in total. The lowest BCUT2D eigenvalue weighted by molar-refractivity contribution is -0.384. The molecule has 184 valence electrons. The lowest BCUT2D eigenvalue weighted by Crippen LogP contribution is -2.43. The summed E-state index contributed by atoms with van der Waals surface area (Å²) in [6, 6.07) is 1.98. The van der Waals surface area contributed by atoms with Gasteiger partial charge >= 0.3 is 18.3 Å². The van der Waals surface area contributed by atoms with Crippen molar-refractivity contribution >= 4 is 17.6 Å². The van der Waals surface area contributed by atoms with Gasteiger partial charge in [-0.3, -0.25) is 14.9 Å². The Balaban J connectivity index is 2.46. The Hall–Kier alpha value is -3.84. The van der Waals surface area contributed by atoms with Crippen LogP contribution < -0.4 is 10.1 Å². The fourth-order valence-electron chi connectivity index (χ4n) is 2.92. The molecular formula is C20H16F6N2O6. The van der Waals surface area contributed by atoms with Crippen LogP contribution in [0, 0.1) is 10.1 Å². The van der Waals surface area contributed by atoms with Crippen molar-refractivity contribution in [3.8, 4) is 5.75 Å². The Morgan fingerprint density at radius 3 is 2.00 bits per heavy atom.